The Balaban J connectivity index is 2.01. The molecule has 1 aliphatic rings. The van der Waals surface area contributed by atoms with E-state index in [1.807, 2.05) is 30.5 Å². The molecule has 0 radical (unpaired) electrons. The summed E-state index contributed by atoms with van der Waals surface area (Å²) in [6.07, 6.45) is 4.05. The van der Waals surface area contributed by atoms with Gasteiger partial charge in [-0.25, -0.2) is 4.98 Å². The molecule has 1 N–H and O–H groups in total. The summed E-state index contributed by atoms with van der Waals surface area (Å²) in [5.41, 5.74) is 0.0583. The smallest absolute Gasteiger partial charge is 0.134 e. The first-order valence-electron chi connectivity index (χ1n) is 6.03. The zero-order valence-corrected chi connectivity index (χ0v) is 11.0. The van der Waals surface area contributed by atoms with Gasteiger partial charge in [0.25, 0.3) is 0 Å². The van der Waals surface area contributed by atoms with Crippen molar-refractivity contribution in [3.05, 3.63) is 30.5 Å². The predicted molar refractivity (Wildman–Crippen MR) is 74.6 cm³/mol. The average Bonchev–Trinajstić information content (AvgIpc) is 3.19. The van der Waals surface area contributed by atoms with Gasteiger partial charge in [-0.15, -0.1) is 11.6 Å². The molecule has 1 aromatic heterocycles. The Morgan fingerprint density at radius 1 is 1.39 bits per heavy atom. The van der Waals surface area contributed by atoms with Crippen LogP contribution in [0, 0.1) is 0 Å². The van der Waals surface area contributed by atoms with Gasteiger partial charge in [-0.05, 0) is 42.5 Å². The van der Waals surface area contributed by atoms with E-state index in [1.54, 1.807) is 7.11 Å². The molecule has 4 heteroatoms. The maximum Gasteiger partial charge on any atom is 0.134 e. The van der Waals surface area contributed by atoms with Gasteiger partial charge < -0.3 is 10.1 Å². The number of pyridine rings is 1. The topological polar surface area (TPSA) is 34.1 Å². The third-order valence-corrected chi connectivity index (χ3v) is 3.98. The van der Waals surface area contributed by atoms with E-state index in [2.05, 4.69) is 10.3 Å². The van der Waals surface area contributed by atoms with Crippen molar-refractivity contribution in [2.24, 2.45) is 0 Å². The lowest BCUT2D eigenvalue weighted by atomic mass is 10.1. The second-order valence-electron chi connectivity index (χ2n) is 4.79. The highest BCUT2D eigenvalue weighted by atomic mass is 35.5. The van der Waals surface area contributed by atoms with Gasteiger partial charge in [0.05, 0.1) is 12.6 Å². The van der Waals surface area contributed by atoms with E-state index in [0.717, 1.165) is 35.2 Å². The number of nitrogens with one attached hydrogen (secondary N) is 1. The summed E-state index contributed by atoms with van der Waals surface area (Å²) in [7, 11) is 1.67. The van der Waals surface area contributed by atoms with Gasteiger partial charge >= 0.3 is 0 Å². The highest BCUT2D eigenvalue weighted by Gasteiger charge is 2.42. The molecule has 0 aliphatic heterocycles. The van der Waals surface area contributed by atoms with E-state index in [0.29, 0.717) is 5.88 Å². The molecule has 0 amide bonds. The Hall–Kier alpha value is -1.48. The second-order valence-corrected chi connectivity index (χ2v) is 5.05. The van der Waals surface area contributed by atoms with Crippen LogP contribution in [0.15, 0.2) is 30.5 Å². The van der Waals surface area contributed by atoms with Crippen LogP contribution in [-0.2, 0) is 0 Å². The zero-order chi connectivity index (χ0) is 12.6. The summed E-state index contributed by atoms with van der Waals surface area (Å²) in [5, 5.41) is 5.70. The number of benzene rings is 1. The number of methoxy groups -OCH3 is 1. The molecule has 0 saturated heterocycles. The Morgan fingerprint density at radius 2 is 2.22 bits per heavy atom. The van der Waals surface area contributed by atoms with E-state index >= 15 is 0 Å². The monoisotopic (exact) mass is 262 g/mol. The number of fused-ring (bicyclic) bond motifs is 1. The van der Waals surface area contributed by atoms with Crippen molar-refractivity contribution in [2.45, 2.75) is 18.4 Å². The number of anilines is 1. The lowest BCUT2D eigenvalue weighted by Crippen LogP contribution is -2.23. The predicted octanol–water partition coefficient (Wildman–Crippen LogP) is 3.43. The Morgan fingerprint density at radius 3 is 2.89 bits per heavy atom. The van der Waals surface area contributed by atoms with Gasteiger partial charge in [0, 0.05) is 17.5 Å². The van der Waals surface area contributed by atoms with Crippen LogP contribution in [0.3, 0.4) is 0 Å². The van der Waals surface area contributed by atoms with Crippen LogP contribution in [-0.4, -0.2) is 23.5 Å². The quantitative estimate of drug-likeness (QED) is 0.858. The Bertz CT molecular complexity index is 581. The molecular weight excluding hydrogens is 248 g/mol. The molecule has 1 aromatic carbocycles. The van der Waals surface area contributed by atoms with Crippen molar-refractivity contribution in [2.75, 3.05) is 18.3 Å². The number of rotatable bonds is 4. The minimum absolute atomic E-state index is 0.0583. The fourth-order valence-corrected chi connectivity index (χ4v) is 2.41. The van der Waals surface area contributed by atoms with Crippen LogP contribution in [0.4, 0.5) is 5.82 Å². The van der Waals surface area contributed by atoms with Crippen molar-refractivity contribution in [3.8, 4) is 5.75 Å². The van der Waals surface area contributed by atoms with E-state index in [9.17, 15) is 0 Å². The fourth-order valence-electron chi connectivity index (χ4n) is 2.08. The number of alkyl halides is 1. The zero-order valence-electron chi connectivity index (χ0n) is 10.2. The van der Waals surface area contributed by atoms with Crippen LogP contribution in [0.25, 0.3) is 10.8 Å². The first-order chi connectivity index (χ1) is 8.76. The number of nitrogens with zero attached hydrogens (tertiary/aromatic N) is 1. The van der Waals surface area contributed by atoms with Crippen LogP contribution in [0.5, 0.6) is 5.75 Å². The Labute approximate surface area is 111 Å². The molecule has 1 heterocycles. The lowest BCUT2D eigenvalue weighted by molar-refractivity contribution is 0.415. The summed E-state index contributed by atoms with van der Waals surface area (Å²) < 4.78 is 5.23. The molecule has 3 nitrogen and oxygen atoms in total. The third kappa shape index (κ3) is 1.99. The number of hydrogen-bond acceptors (Lipinski definition) is 3. The van der Waals surface area contributed by atoms with Crippen molar-refractivity contribution in [1.29, 1.82) is 0 Å². The minimum atomic E-state index is 0.0583. The maximum atomic E-state index is 5.99. The normalized spacial score (nSPS) is 16.6. The van der Waals surface area contributed by atoms with E-state index in [-0.39, 0.29) is 5.54 Å². The molecular formula is C14H15ClN2O. The number of hydrogen-bond donors (Lipinski definition) is 1. The molecule has 0 unspecified atom stereocenters. The lowest BCUT2D eigenvalue weighted by Gasteiger charge is -2.16. The van der Waals surface area contributed by atoms with Gasteiger partial charge in [0.2, 0.25) is 0 Å². The first-order valence-corrected chi connectivity index (χ1v) is 6.57. The molecule has 94 valence electrons. The maximum absolute atomic E-state index is 5.99. The summed E-state index contributed by atoms with van der Waals surface area (Å²) in [5.74, 6) is 2.40. The van der Waals surface area contributed by atoms with Gasteiger partial charge in [0.15, 0.2) is 0 Å². The third-order valence-electron chi connectivity index (χ3n) is 3.46. The van der Waals surface area contributed by atoms with Crippen LogP contribution >= 0.6 is 11.6 Å². The summed E-state index contributed by atoms with van der Waals surface area (Å²) in [6, 6.07) is 8.00. The van der Waals surface area contributed by atoms with Crippen LogP contribution < -0.4 is 10.1 Å². The Kier molecular flexibility index (Phi) is 2.78. The van der Waals surface area contributed by atoms with Crippen LogP contribution in [0.1, 0.15) is 12.8 Å². The number of aromatic nitrogens is 1. The van der Waals surface area contributed by atoms with Crippen molar-refractivity contribution in [1.82, 2.24) is 4.98 Å². The molecule has 0 bridgehead atoms. The molecule has 1 aliphatic carbocycles. The van der Waals surface area contributed by atoms with Gasteiger partial charge in [-0.3, -0.25) is 0 Å². The number of halogens is 1. The molecule has 1 fully saturated rings. The average molecular weight is 263 g/mol. The summed E-state index contributed by atoms with van der Waals surface area (Å²) >= 11 is 5.99. The molecule has 0 atom stereocenters. The number of ether oxygens (including phenoxy) is 1. The fraction of sp³-hybridized carbons (Fsp3) is 0.357. The van der Waals surface area contributed by atoms with Crippen molar-refractivity contribution in [3.63, 3.8) is 0 Å². The largest absolute Gasteiger partial charge is 0.497 e. The molecule has 2 aromatic rings. The molecule has 18 heavy (non-hydrogen) atoms. The van der Waals surface area contributed by atoms with Gasteiger partial charge in [0.1, 0.15) is 11.6 Å². The summed E-state index contributed by atoms with van der Waals surface area (Å²) in [4.78, 5) is 4.42. The van der Waals surface area contributed by atoms with Crippen molar-refractivity contribution < 1.29 is 4.74 Å². The van der Waals surface area contributed by atoms with E-state index < -0.39 is 0 Å². The van der Waals surface area contributed by atoms with E-state index in [1.165, 1.54) is 0 Å². The molecule has 0 spiro atoms. The standard InChI is InChI=1S/C14H15ClN2O/c1-18-11-2-3-12-10(8-11)4-7-16-13(12)17-14(9-15)5-6-14/h2-4,7-8H,5-6,9H2,1H3,(H,16,17). The SMILES string of the molecule is COc1ccc2c(NC3(CCl)CC3)nccc2c1. The van der Waals surface area contributed by atoms with Crippen molar-refractivity contribution >= 4 is 28.2 Å². The first kappa shape index (κ1) is 11.6. The highest BCUT2D eigenvalue weighted by molar-refractivity contribution is 6.19. The molecule has 1 saturated carbocycles. The van der Waals surface area contributed by atoms with Crippen LogP contribution in [0.2, 0.25) is 0 Å². The minimum Gasteiger partial charge on any atom is -0.497 e. The molecule has 3 rings (SSSR count). The second kappa shape index (κ2) is 4.32. The van der Waals surface area contributed by atoms with Gasteiger partial charge in [-0.2, -0.15) is 0 Å². The van der Waals surface area contributed by atoms with E-state index in [4.69, 9.17) is 16.3 Å². The highest BCUT2D eigenvalue weighted by Crippen LogP contribution is 2.40. The van der Waals surface area contributed by atoms with Gasteiger partial charge in [-0.1, -0.05) is 0 Å². The summed E-state index contributed by atoms with van der Waals surface area (Å²) in [6.45, 7) is 0.